The van der Waals surface area contributed by atoms with Crippen molar-refractivity contribution in [2.24, 2.45) is 0 Å². The number of carbonyl (C=O) groups excluding carboxylic acids is 1. The molecule has 5 nitrogen and oxygen atoms in total. The number of rotatable bonds is 4. The summed E-state index contributed by atoms with van der Waals surface area (Å²) >= 11 is 0. The molecule has 0 spiro atoms. The Hall–Kier alpha value is -1.59. The summed E-state index contributed by atoms with van der Waals surface area (Å²) in [6.07, 6.45) is 0. The molecule has 0 bridgehead atoms. The average molecular weight is 277 g/mol. The first kappa shape index (κ1) is 14.8. The molecule has 2 rings (SSSR count). The minimum absolute atomic E-state index is 0.333. The van der Waals surface area contributed by atoms with Crippen LogP contribution < -0.4 is 5.73 Å². The predicted octanol–water partition coefficient (Wildman–Crippen LogP) is 0.981. The van der Waals surface area contributed by atoms with Crippen LogP contribution in [0.25, 0.3) is 0 Å². The van der Waals surface area contributed by atoms with Crippen LogP contribution in [0.2, 0.25) is 0 Å². The zero-order chi connectivity index (χ0) is 14.5. The molecule has 1 heterocycles. The van der Waals surface area contributed by atoms with Crippen LogP contribution in [0.15, 0.2) is 18.2 Å². The van der Waals surface area contributed by atoms with Gasteiger partial charge in [-0.05, 0) is 26.1 Å². The number of nitrogens with zero attached hydrogens (tertiary/aromatic N) is 2. The van der Waals surface area contributed by atoms with E-state index in [2.05, 4.69) is 16.8 Å². The van der Waals surface area contributed by atoms with Gasteiger partial charge in [-0.1, -0.05) is 11.6 Å². The average Bonchev–Trinajstić information content (AvgIpc) is 2.43. The van der Waals surface area contributed by atoms with Crippen LogP contribution in [-0.2, 0) is 4.74 Å². The fraction of sp³-hybridized carbons (Fsp3) is 0.533. The largest absolute Gasteiger partial charge is 0.461 e. The number of nitrogen functional groups attached to an aromatic ring is 1. The van der Waals surface area contributed by atoms with Gasteiger partial charge in [-0.3, -0.25) is 4.90 Å². The zero-order valence-electron chi connectivity index (χ0n) is 12.3. The molecule has 1 fully saturated rings. The molecule has 1 aromatic rings. The number of benzene rings is 1. The van der Waals surface area contributed by atoms with E-state index in [9.17, 15) is 4.79 Å². The van der Waals surface area contributed by atoms with Crippen molar-refractivity contribution < 1.29 is 9.53 Å². The third-order valence-electron chi connectivity index (χ3n) is 3.67. The van der Waals surface area contributed by atoms with Crippen molar-refractivity contribution in [1.82, 2.24) is 9.80 Å². The second kappa shape index (κ2) is 6.72. The summed E-state index contributed by atoms with van der Waals surface area (Å²) in [4.78, 5) is 16.6. The van der Waals surface area contributed by atoms with E-state index in [4.69, 9.17) is 10.5 Å². The number of hydrogen-bond acceptors (Lipinski definition) is 5. The van der Waals surface area contributed by atoms with E-state index in [1.54, 1.807) is 12.1 Å². The molecule has 1 saturated heterocycles. The van der Waals surface area contributed by atoms with E-state index in [1.807, 2.05) is 13.0 Å². The number of carbonyl (C=O) groups is 1. The molecule has 1 aliphatic rings. The summed E-state index contributed by atoms with van der Waals surface area (Å²) in [5.41, 5.74) is 7.74. The van der Waals surface area contributed by atoms with E-state index in [0.29, 0.717) is 17.9 Å². The fourth-order valence-corrected chi connectivity index (χ4v) is 2.26. The number of ether oxygens (including phenoxy) is 1. The van der Waals surface area contributed by atoms with E-state index in [0.717, 1.165) is 38.3 Å². The number of nitrogens with two attached hydrogens (primary N) is 1. The lowest BCUT2D eigenvalue weighted by atomic mass is 10.1. The molecule has 0 aliphatic carbocycles. The Morgan fingerprint density at radius 1 is 1.30 bits per heavy atom. The van der Waals surface area contributed by atoms with Crippen LogP contribution in [0.4, 0.5) is 5.69 Å². The molecule has 20 heavy (non-hydrogen) atoms. The molecule has 1 aromatic carbocycles. The number of esters is 1. The second-order valence-electron chi connectivity index (χ2n) is 5.37. The standard InChI is InChI=1S/C15H23N3O2/c1-12-3-4-14(16)13(11-12)15(19)20-10-9-18-7-5-17(2)6-8-18/h3-4,11H,5-10,16H2,1-2H3. The van der Waals surface area contributed by atoms with E-state index in [1.165, 1.54) is 0 Å². The molecule has 0 amide bonds. The Morgan fingerprint density at radius 3 is 2.70 bits per heavy atom. The summed E-state index contributed by atoms with van der Waals surface area (Å²) in [5.74, 6) is -0.333. The van der Waals surface area contributed by atoms with E-state index >= 15 is 0 Å². The van der Waals surface area contributed by atoms with Gasteiger partial charge in [0.15, 0.2) is 0 Å². The van der Waals surface area contributed by atoms with E-state index < -0.39 is 0 Å². The highest BCUT2D eigenvalue weighted by molar-refractivity contribution is 5.95. The number of aryl methyl sites for hydroxylation is 1. The van der Waals surface area contributed by atoms with Crippen molar-refractivity contribution >= 4 is 11.7 Å². The normalized spacial score (nSPS) is 17.1. The van der Waals surface area contributed by atoms with Crippen LogP contribution in [0.5, 0.6) is 0 Å². The Labute approximate surface area is 120 Å². The highest BCUT2D eigenvalue weighted by Crippen LogP contribution is 2.14. The highest BCUT2D eigenvalue weighted by atomic mass is 16.5. The lowest BCUT2D eigenvalue weighted by Crippen LogP contribution is -2.45. The van der Waals surface area contributed by atoms with Crippen molar-refractivity contribution in [1.29, 1.82) is 0 Å². The second-order valence-corrected chi connectivity index (χ2v) is 5.37. The Morgan fingerprint density at radius 2 is 2.00 bits per heavy atom. The SMILES string of the molecule is Cc1ccc(N)c(C(=O)OCCN2CCN(C)CC2)c1. The molecule has 2 N–H and O–H groups in total. The molecule has 0 atom stereocenters. The van der Waals surface area contributed by atoms with Gasteiger partial charge in [0, 0.05) is 38.4 Å². The maximum atomic E-state index is 12.0. The first-order chi connectivity index (χ1) is 9.56. The molecule has 110 valence electrons. The summed E-state index contributed by atoms with van der Waals surface area (Å²) in [7, 11) is 2.12. The van der Waals surface area contributed by atoms with Crippen molar-refractivity contribution in [2.45, 2.75) is 6.92 Å². The number of likely N-dealkylation sites (N-methyl/N-ethyl adjacent to an activating group) is 1. The summed E-state index contributed by atoms with van der Waals surface area (Å²) in [5, 5.41) is 0. The van der Waals surface area contributed by atoms with Gasteiger partial charge in [0.1, 0.15) is 6.61 Å². The summed E-state index contributed by atoms with van der Waals surface area (Å²) < 4.78 is 5.32. The van der Waals surface area contributed by atoms with Crippen LogP contribution in [-0.4, -0.2) is 62.1 Å². The van der Waals surface area contributed by atoms with Crippen molar-refractivity contribution in [2.75, 3.05) is 52.1 Å². The Kier molecular flexibility index (Phi) is 4.98. The molecular weight excluding hydrogens is 254 g/mol. The van der Waals surface area contributed by atoms with Crippen LogP contribution in [0.3, 0.4) is 0 Å². The highest BCUT2D eigenvalue weighted by Gasteiger charge is 2.15. The third kappa shape index (κ3) is 3.95. The summed E-state index contributed by atoms with van der Waals surface area (Å²) in [6, 6.07) is 5.40. The summed E-state index contributed by atoms with van der Waals surface area (Å²) in [6.45, 7) is 7.32. The molecular formula is C15H23N3O2. The maximum Gasteiger partial charge on any atom is 0.340 e. The lowest BCUT2D eigenvalue weighted by molar-refractivity contribution is 0.0433. The number of hydrogen-bond donors (Lipinski definition) is 1. The minimum Gasteiger partial charge on any atom is -0.461 e. The van der Waals surface area contributed by atoms with Gasteiger partial charge < -0.3 is 15.4 Å². The molecule has 0 aromatic heterocycles. The Bertz CT molecular complexity index is 468. The van der Waals surface area contributed by atoms with Gasteiger partial charge in [0.05, 0.1) is 5.56 Å². The minimum atomic E-state index is -0.333. The van der Waals surface area contributed by atoms with Crippen molar-refractivity contribution in [3.8, 4) is 0 Å². The van der Waals surface area contributed by atoms with E-state index in [-0.39, 0.29) is 5.97 Å². The topological polar surface area (TPSA) is 58.8 Å². The van der Waals surface area contributed by atoms with Crippen LogP contribution >= 0.6 is 0 Å². The molecule has 1 aliphatic heterocycles. The monoisotopic (exact) mass is 277 g/mol. The first-order valence-electron chi connectivity index (χ1n) is 7.00. The molecule has 0 saturated carbocycles. The van der Waals surface area contributed by atoms with Gasteiger partial charge in [-0.2, -0.15) is 0 Å². The molecule has 0 unspecified atom stereocenters. The van der Waals surface area contributed by atoms with Gasteiger partial charge in [0.25, 0.3) is 0 Å². The van der Waals surface area contributed by atoms with Crippen molar-refractivity contribution in [3.63, 3.8) is 0 Å². The number of piperazine rings is 1. The lowest BCUT2D eigenvalue weighted by Gasteiger charge is -2.32. The molecule has 0 radical (unpaired) electrons. The predicted molar refractivity (Wildman–Crippen MR) is 79.8 cm³/mol. The smallest absolute Gasteiger partial charge is 0.340 e. The maximum absolute atomic E-state index is 12.0. The Balaban J connectivity index is 1.79. The fourth-order valence-electron chi connectivity index (χ4n) is 2.26. The van der Waals surface area contributed by atoms with Gasteiger partial charge >= 0.3 is 5.97 Å². The quantitative estimate of drug-likeness (QED) is 0.657. The third-order valence-corrected chi connectivity index (χ3v) is 3.67. The number of anilines is 1. The zero-order valence-corrected chi connectivity index (χ0v) is 12.3. The molecule has 5 heteroatoms. The van der Waals surface area contributed by atoms with Gasteiger partial charge in [-0.15, -0.1) is 0 Å². The van der Waals surface area contributed by atoms with Gasteiger partial charge in [-0.25, -0.2) is 4.79 Å². The van der Waals surface area contributed by atoms with Gasteiger partial charge in [0.2, 0.25) is 0 Å². The van der Waals surface area contributed by atoms with Crippen molar-refractivity contribution in [3.05, 3.63) is 29.3 Å². The van der Waals surface area contributed by atoms with Crippen LogP contribution in [0, 0.1) is 6.92 Å². The van der Waals surface area contributed by atoms with Crippen LogP contribution in [0.1, 0.15) is 15.9 Å². The first-order valence-corrected chi connectivity index (χ1v) is 7.00.